The van der Waals surface area contributed by atoms with E-state index in [2.05, 4.69) is 6.92 Å². The predicted octanol–water partition coefficient (Wildman–Crippen LogP) is 3.20. The van der Waals surface area contributed by atoms with Crippen molar-refractivity contribution in [2.75, 3.05) is 7.11 Å². The van der Waals surface area contributed by atoms with Crippen LogP contribution in [0.4, 0.5) is 0 Å². The number of methoxy groups -OCH3 is 1. The van der Waals surface area contributed by atoms with Gasteiger partial charge in [0.15, 0.2) is 0 Å². The van der Waals surface area contributed by atoms with Gasteiger partial charge in [0.05, 0.1) is 12.8 Å². The molecule has 4 nitrogen and oxygen atoms in total. The Labute approximate surface area is 124 Å². The van der Waals surface area contributed by atoms with E-state index >= 15 is 0 Å². The zero-order valence-electron chi connectivity index (χ0n) is 12.3. The molecule has 0 N–H and O–H groups in total. The van der Waals surface area contributed by atoms with Crippen molar-refractivity contribution in [3.63, 3.8) is 0 Å². The zero-order chi connectivity index (χ0) is 15.2. The van der Waals surface area contributed by atoms with Crippen LogP contribution in [0.25, 0.3) is 11.3 Å². The fourth-order valence-corrected chi connectivity index (χ4v) is 2.22. The van der Waals surface area contributed by atoms with Crippen molar-refractivity contribution in [1.82, 2.24) is 4.57 Å². The molecule has 0 aliphatic heterocycles. The molecule has 0 bridgehead atoms. The third-order valence-corrected chi connectivity index (χ3v) is 3.42. The second kappa shape index (κ2) is 6.76. The van der Waals surface area contributed by atoms with Crippen LogP contribution in [0.5, 0.6) is 5.75 Å². The van der Waals surface area contributed by atoms with Gasteiger partial charge in [-0.2, -0.15) is 5.26 Å². The predicted molar refractivity (Wildman–Crippen MR) is 82.3 cm³/mol. The monoisotopic (exact) mass is 282 g/mol. The Morgan fingerprint density at radius 1 is 1.19 bits per heavy atom. The third-order valence-electron chi connectivity index (χ3n) is 3.42. The number of ether oxygens (including phenoxy) is 1. The molecule has 108 valence electrons. The first-order chi connectivity index (χ1) is 10.2. The first-order valence-electron chi connectivity index (χ1n) is 6.99. The van der Waals surface area contributed by atoms with E-state index in [1.165, 1.54) is 0 Å². The Morgan fingerprint density at radius 2 is 1.90 bits per heavy atom. The van der Waals surface area contributed by atoms with Crippen LogP contribution >= 0.6 is 0 Å². The summed E-state index contributed by atoms with van der Waals surface area (Å²) in [6.07, 6.45) is 1.89. The fourth-order valence-electron chi connectivity index (χ4n) is 2.22. The van der Waals surface area contributed by atoms with Crippen molar-refractivity contribution in [2.24, 2.45) is 0 Å². The third kappa shape index (κ3) is 3.14. The van der Waals surface area contributed by atoms with E-state index in [1.54, 1.807) is 17.7 Å². The molecule has 0 atom stereocenters. The number of benzene rings is 1. The van der Waals surface area contributed by atoms with E-state index in [1.807, 2.05) is 36.4 Å². The SMILES string of the molecule is CCCCn1c(-c2ccc(OC)cc2)ccc(C#N)c1=O. The molecule has 0 unspecified atom stereocenters. The Bertz CT molecular complexity index is 709. The summed E-state index contributed by atoms with van der Waals surface area (Å²) in [4.78, 5) is 12.3. The Hall–Kier alpha value is -2.54. The topological polar surface area (TPSA) is 55.0 Å². The lowest BCUT2D eigenvalue weighted by atomic mass is 10.1. The van der Waals surface area contributed by atoms with Gasteiger partial charge in [-0.1, -0.05) is 13.3 Å². The highest BCUT2D eigenvalue weighted by molar-refractivity contribution is 5.61. The van der Waals surface area contributed by atoms with Crippen molar-refractivity contribution >= 4 is 0 Å². The number of nitrogens with zero attached hydrogens (tertiary/aromatic N) is 2. The molecule has 0 saturated heterocycles. The lowest BCUT2D eigenvalue weighted by Crippen LogP contribution is -2.24. The summed E-state index contributed by atoms with van der Waals surface area (Å²) in [5.41, 5.74) is 1.73. The summed E-state index contributed by atoms with van der Waals surface area (Å²) in [7, 11) is 1.62. The van der Waals surface area contributed by atoms with Gasteiger partial charge in [-0.15, -0.1) is 0 Å². The van der Waals surface area contributed by atoms with Crippen molar-refractivity contribution in [1.29, 1.82) is 5.26 Å². The Kier molecular flexibility index (Phi) is 4.78. The standard InChI is InChI=1S/C17H18N2O2/c1-3-4-11-19-16(10-7-14(12-18)17(19)20)13-5-8-15(21-2)9-6-13/h5-10H,3-4,11H2,1-2H3. The number of hydrogen-bond donors (Lipinski definition) is 0. The summed E-state index contributed by atoms with van der Waals surface area (Å²) >= 11 is 0. The highest BCUT2D eigenvalue weighted by Gasteiger charge is 2.10. The van der Waals surface area contributed by atoms with E-state index in [0.29, 0.717) is 6.54 Å². The number of hydrogen-bond acceptors (Lipinski definition) is 3. The molecule has 4 heteroatoms. The molecule has 1 aromatic heterocycles. The van der Waals surface area contributed by atoms with Gasteiger partial charge in [-0.3, -0.25) is 4.79 Å². The van der Waals surface area contributed by atoms with Gasteiger partial charge >= 0.3 is 0 Å². The number of rotatable bonds is 5. The largest absolute Gasteiger partial charge is 0.497 e. The Balaban J connectivity index is 2.53. The average Bonchev–Trinajstić information content (AvgIpc) is 2.53. The van der Waals surface area contributed by atoms with Gasteiger partial charge in [0.25, 0.3) is 5.56 Å². The van der Waals surface area contributed by atoms with Crippen LogP contribution in [0.15, 0.2) is 41.2 Å². The molecule has 0 amide bonds. The van der Waals surface area contributed by atoms with Gasteiger partial charge in [0, 0.05) is 6.54 Å². The highest BCUT2D eigenvalue weighted by Crippen LogP contribution is 2.22. The van der Waals surface area contributed by atoms with Crippen LogP contribution in [-0.4, -0.2) is 11.7 Å². The molecule has 2 rings (SSSR count). The normalized spacial score (nSPS) is 10.1. The van der Waals surface area contributed by atoms with Crippen LogP contribution in [0.1, 0.15) is 25.3 Å². The van der Waals surface area contributed by atoms with E-state index in [0.717, 1.165) is 29.8 Å². The van der Waals surface area contributed by atoms with Crippen molar-refractivity contribution in [3.8, 4) is 23.1 Å². The van der Waals surface area contributed by atoms with E-state index in [9.17, 15) is 4.79 Å². The lowest BCUT2D eigenvalue weighted by molar-refractivity contribution is 0.415. The first kappa shape index (κ1) is 14.9. The second-order valence-electron chi connectivity index (χ2n) is 4.78. The average molecular weight is 282 g/mol. The van der Waals surface area contributed by atoms with Crippen molar-refractivity contribution < 1.29 is 4.74 Å². The van der Waals surface area contributed by atoms with Gasteiger partial charge in [0.2, 0.25) is 0 Å². The van der Waals surface area contributed by atoms with Crippen molar-refractivity contribution in [2.45, 2.75) is 26.3 Å². The molecule has 0 fully saturated rings. The molecule has 0 spiro atoms. The zero-order valence-corrected chi connectivity index (χ0v) is 12.3. The number of unbranched alkanes of at least 4 members (excludes halogenated alkanes) is 1. The number of pyridine rings is 1. The quantitative estimate of drug-likeness (QED) is 0.846. The molecule has 0 radical (unpaired) electrons. The number of aromatic nitrogens is 1. The van der Waals surface area contributed by atoms with E-state index in [-0.39, 0.29) is 11.1 Å². The highest BCUT2D eigenvalue weighted by atomic mass is 16.5. The van der Waals surface area contributed by atoms with Crippen LogP contribution in [0.2, 0.25) is 0 Å². The summed E-state index contributed by atoms with van der Waals surface area (Å²) in [5.74, 6) is 0.773. The lowest BCUT2D eigenvalue weighted by Gasteiger charge is -2.13. The molecule has 1 heterocycles. The van der Waals surface area contributed by atoms with Gasteiger partial charge < -0.3 is 9.30 Å². The molecule has 0 aliphatic carbocycles. The minimum absolute atomic E-state index is 0.184. The van der Waals surface area contributed by atoms with E-state index in [4.69, 9.17) is 10.00 Å². The second-order valence-corrected chi connectivity index (χ2v) is 4.78. The van der Waals surface area contributed by atoms with Crippen LogP contribution < -0.4 is 10.3 Å². The van der Waals surface area contributed by atoms with Gasteiger partial charge in [-0.05, 0) is 48.4 Å². The Morgan fingerprint density at radius 3 is 2.48 bits per heavy atom. The smallest absolute Gasteiger partial charge is 0.268 e. The summed E-state index contributed by atoms with van der Waals surface area (Å²) < 4.78 is 6.83. The maximum atomic E-state index is 12.3. The molecular weight excluding hydrogens is 264 g/mol. The summed E-state index contributed by atoms with van der Waals surface area (Å²) in [6, 6.07) is 12.9. The molecule has 1 aromatic carbocycles. The van der Waals surface area contributed by atoms with Crippen LogP contribution in [0, 0.1) is 11.3 Å². The summed E-state index contributed by atoms with van der Waals surface area (Å²) in [5, 5.41) is 9.02. The molecule has 21 heavy (non-hydrogen) atoms. The molecule has 0 aliphatic rings. The minimum Gasteiger partial charge on any atom is -0.497 e. The molecule has 0 saturated carbocycles. The van der Waals surface area contributed by atoms with Gasteiger partial charge in [-0.25, -0.2) is 0 Å². The van der Waals surface area contributed by atoms with Crippen molar-refractivity contribution in [3.05, 3.63) is 52.3 Å². The molecular formula is C17H18N2O2. The van der Waals surface area contributed by atoms with Crippen LogP contribution in [0.3, 0.4) is 0 Å². The van der Waals surface area contributed by atoms with E-state index < -0.39 is 0 Å². The molecule has 2 aromatic rings. The van der Waals surface area contributed by atoms with Crippen LogP contribution in [-0.2, 0) is 6.54 Å². The maximum absolute atomic E-state index is 12.3. The summed E-state index contributed by atoms with van der Waals surface area (Å²) in [6.45, 7) is 2.69. The number of nitriles is 1. The maximum Gasteiger partial charge on any atom is 0.268 e. The van der Waals surface area contributed by atoms with Gasteiger partial charge in [0.1, 0.15) is 17.4 Å². The minimum atomic E-state index is -0.223. The fraction of sp³-hybridized carbons (Fsp3) is 0.294. The first-order valence-corrected chi connectivity index (χ1v) is 6.99.